The second-order valence-electron chi connectivity index (χ2n) is 4.63. The highest BCUT2D eigenvalue weighted by Gasteiger charge is 2.09. The number of pyridine rings is 1. The first-order valence-corrected chi connectivity index (χ1v) is 6.27. The first-order valence-electron chi connectivity index (χ1n) is 6.27. The zero-order valence-electron chi connectivity index (χ0n) is 11.2. The average Bonchev–Trinajstić information content (AvgIpc) is 2.86. The number of rotatable bonds is 5. The smallest absolute Gasteiger partial charge is 0.251 e. The molecule has 0 aromatic carbocycles. The van der Waals surface area contributed by atoms with E-state index in [0.717, 1.165) is 0 Å². The van der Waals surface area contributed by atoms with Crippen molar-refractivity contribution in [3.05, 3.63) is 47.1 Å². The van der Waals surface area contributed by atoms with Crippen molar-refractivity contribution >= 4 is 11.6 Å². The van der Waals surface area contributed by atoms with Crippen molar-refractivity contribution in [2.45, 2.75) is 26.1 Å². The van der Waals surface area contributed by atoms with Gasteiger partial charge < -0.3 is 15.6 Å². The zero-order valence-corrected chi connectivity index (χ0v) is 11.2. The van der Waals surface area contributed by atoms with Gasteiger partial charge >= 0.3 is 0 Å². The lowest BCUT2D eigenvalue weighted by Crippen LogP contribution is -2.39. The number of nitrogens with two attached hydrogens (primary N) is 1. The third-order valence-corrected chi connectivity index (χ3v) is 2.75. The molecule has 0 radical (unpaired) electrons. The Balaban J connectivity index is 1.92. The molecule has 2 aromatic rings. The van der Waals surface area contributed by atoms with Gasteiger partial charge in [-0.15, -0.1) is 0 Å². The van der Waals surface area contributed by atoms with Gasteiger partial charge in [0.1, 0.15) is 6.54 Å². The molecule has 1 atom stereocenters. The maximum atomic E-state index is 11.9. The Labute approximate surface area is 116 Å². The topological polar surface area (TPSA) is 94.9 Å². The number of aromatic nitrogens is 3. The minimum absolute atomic E-state index is 0.0483. The number of amides is 1. The maximum absolute atomic E-state index is 11.9. The lowest BCUT2D eigenvalue weighted by Gasteiger charge is -2.14. The Bertz CT molecular complexity index is 632. The van der Waals surface area contributed by atoms with E-state index in [-0.39, 0.29) is 24.1 Å². The third kappa shape index (κ3) is 3.71. The number of hydrogen-bond acceptors (Lipinski definition) is 4. The number of nitrogen functional groups attached to an aromatic ring is 1. The highest BCUT2D eigenvalue weighted by molar-refractivity contribution is 5.76. The molecule has 0 aliphatic rings. The summed E-state index contributed by atoms with van der Waals surface area (Å²) >= 11 is 0. The van der Waals surface area contributed by atoms with Crippen LogP contribution in [0.5, 0.6) is 0 Å². The second-order valence-corrected chi connectivity index (χ2v) is 4.63. The molecule has 0 saturated carbocycles. The molecule has 0 saturated heterocycles. The fraction of sp³-hybridized carbons (Fsp3) is 0.308. The monoisotopic (exact) mass is 275 g/mol. The molecule has 7 heteroatoms. The predicted molar refractivity (Wildman–Crippen MR) is 74.9 cm³/mol. The summed E-state index contributed by atoms with van der Waals surface area (Å²) < 4.78 is 3.02. The number of nitrogens with one attached hydrogen (secondary N) is 1. The van der Waals surface area contributed by atoms with Crippen LogP contribution in [0.1, 0.15) is 6.92 Å². The summed E-state index contributed by atoms with van der Waals surface area (Å²) in [7, 11) is 0. The summed E-state index contributed by atoms with van der Waals surface area (Å²) in [5.74, 6) is -0.239. The second kappa shape index (κ2) is 6.05. The zero-order chi connectivity index (χ0) is 14.5. The van der Waals surface area contributed by atoms with E-state index in [9.17, 15) is 9.59 Å². The Morgan fingerprint density at radius 1 is 1.50 bits per heavy atom. The molecule has 106 valence electrons. The van der Waals surface area contributed by atoms with Gasteiger partial charge in [0.15, 0.2) is 0 Å². The molecule has 0 aliphatic heterocycles. The molecule has 0 spiro atoms. The van der Waals surface area contributed by atoms with Crippen molar-refractivity contribution in [3.63, 3.8) is 0 Å². The molecule has 3 N–H and O–H groups in total. The van der Waals surface area contributed by atoms with Crippen LogP contribution in [0.15, 0.2) is 41.6 Å². The van der Waals surface area contributed by atoms with Gasteiger partial charge in [0, 0.05) is 36.4 Å². The fourth-order valence-corrected chi connectivity index (χ4v) is 1.88. The number of carbonyl (C=O) groups is 1. The largest absolute Gasteiger partial charge is 0.398 e. The van der Waals surface area contributed by atoms with Gasteiger partial charge in [-0.2, -0.15) is 5.10 Å². The van der Waals surface area contributed by atoms with Crippen LogP contribution < -0.4 is 16.6 Å². The van der Waals surface area contributed by atoms with Crippen molar-refractivity contribution in [1.82, 2.24) is 19.7 Å². The van der Waals surface area contributed by atoms with Gasteiger partial charge in [-0.25, -0.2) is 0 Å². The lowest BCUT2D eigenvalue weighted by molar-refractivity contribution is -0.122. The summed E-state index contributed by atoms with van der Waals surface area (Å²) in [5.41, 5.74) is 5.78. The van der Waals surface area contributed by atoms with Gasteiger partial charge in [0.25, 0.3) is 5.56 Å². The van der Waals surface area contributed by atoms with Crippen molar-refractivity contribution in [2.75, 3.05) is 5.73 Å². The summed E-state index contributed by atoms with van der Waals surface area (Å²) in [6.45, 7) is 2.40. The van der Waals surface area contributed by atoms with E-state index in [1.54, 1.807) is 10.9 Å². The number of nitrogens with zero attached hydrogens (tertiary/aromatic N) is 3. The van der Waals surface area contributed by atoms with E-state index in [2.05, 4.69) is 10.4 Å². The Morgan fingerprint density at radius 2 is 2.30 bits per heavy atom. The first kappa shape index (κ1) is 13.9. The van der Waals surface area contributed by atoms with Gasteiger partial charge in [-0.3, -0.25) is 14.3 Å². The minimum atomic E-state index is -0.255. The van der Waals surface area contributed by atoms with Crippen molar-refractivity contribution in [1.29, 1.82) is 0 Å². The Morgan fingerprint density at radius 3 is 3.00 bits per heavy atom. The minimum Gasteiger partial charge on any atom is -0.398 e. The third-order valence-electron chi connectivity index (χ3n) is 2.75. The Hall–Kier alpha value is -2.57. The normalized spacial score (nSPS) is 12.1. The van der Waals surface area contributed by atoms with E-state index in [1.807, 2.05) is 19.2 Å². The van der Waals surface area contributed by atoms with Crippen molar-refractivity contribution < 1.29 is 4.79 Å². The van der Waals surface area contributed by atoms with Gasteiger partial charge in [0.2, 0.25) is 5.91 Å². The van der Waals surface area contributed by atoms with E-state index >= 15 is 0 Å². The standard InChI is InChI=1S/C13H17N5O2/c1-10(7-18-6-2-5-15-18)16-12(19)9-17-8-11(14)3-4-13(17)20/h2-6,8,10H,7,9,14H2,1H3,(H,16,19). The van der Waals surface area contributed by atoms with Crippen molar-refractivity contribution in [2.24, 2.45) is 0 Å². The number of anilines is 1. The van der Waals surface area contributed by atoms with Crippen LogP contribution in [0.2, 0.25) is 0 Å². The van der Waals surface area contributed by atoms with E-state index < -0.39 is 0 Å². The summed E-state index contributed by atoms with van der Waals surface area (Å²) in [6, 6.07) is 4.59. The molecule has 2 rings (SSSR count). The fourth-order valence-electron chi connectivity index (χ4n) is 1.88. The van der Waals surface area contributed by atoms with E-state index in [1.165, 1.54) is 22.9 Å². The molecular weight excluding hydrogens is 258 g/mol. The molecule has 20 heavy (non-hydrogen) atoms. The molecule has 1 amide bonds. The van der Waals surface area contributed by atoms with Crippen LogP contribution in [-0.2, 0) is 17.9 Å². The molecule has 2 heterocycles. The van der Waals surface area contributed by atoms with E-state index in [4.69, 9.17) is 5.73 Å². The Kier molecular flexibility index (Phi) is 4.19. The maximum Gasteiger partial charge on any atom is 0.251 e. The molecule has 0 aliphatic carbocycles. The molecule has 0 bridgehead atoms. The summed E-state index contributed by atoms with van der Waals surface area (Å²) in [4.78, 5) is 23.4. The molecule has 2 aromatic heterocycles. The van der Waals surface area contributed by atoms with Crippen LogP contribution >= 0.6 is 0 Å². The highest BCUT2D eigenvalue weighted by atomic mass is 16.2. The van der Waals surface area contributed by atoms with Gasteiger partial charge in [0.05, 0.1) is 6.54 Å². The average molecular weight is 275 g/mol. The summed E-state index contributed by atoms with van der Waals surface area (Å²) in [5, 5.41) is 6.88. The van der Waals surface area contributed by atoms with Crippen LogP contribution in [0, 0.1) is 0 Å². The predicted octanol–water partition coefficient (Wildman–Crippen LogP) is -0.168. The van der Waals surface area contributed by atoms with Crippen LogP contribution in [0.4, 0.5) is 5.69 Å². The van der Waals surface area contributed by atoms with Crippen LogP contribution in [-0.4, -0.2) is 26.3 Å². The highest BCUT2D eigenvalue weighted by Crippen LogP contribution is 1.96. The quantitative estimate of drug-likeness (QED) is 0.792. The van der Waals surface area contributed by atoms with Crippen LogP contribution in [0.25, 0.3) is 0 Å². The first-order chi connectivity index (χ1) is 9.54. The number of carbonyl (C=O) groups excluding carboxylic acids is 1. The summed E-state index contributed by atoms with van der Waals surface area (Å²) in [6.07, 6.45) is 4.96. The van der Waals surface area contributed by atoms with Gasteiger partial charge in [-0.1, -0.05) is 0 Å². The molecule has 7 nitrogen and oxygen atoms in total. The van der Waals surface area contributed by atoms with Gasteiger partial charge in [-0.05, 0) is 19.1 Å². The SMILES string of the molecule is CC(Cn1cccn1)NC(=O)Cn1cc(N)ccc1=O. The van der Waals surface area contributed by atoms with Crippen LogP contribution in [0.3, 0.4) is 0 Å². The molecule has 1 unspecified atom stereocenters. The number of hydrogen-bond donors (Lipinski definition) is 2. The van der Waals surface area contributed by atoms with Crippen molar-refractivity contribution in [3.8, 4) is 0 Å². The van der Waals surface area contributed by atoms with E-state index in [0.29, 0.717) is 12.2 Å². The molecular formula is C13H17N5O2. The lowest BCUT2D eigenvalue weighted by atomic mass is 10.3. The molecule has 0 fully saturated rings.